The predicted molar refractivity (Wildman–Crippen MR) is 98.8 cm³/mol. The van der Waals surface area contributed by atoms with E-state index in [4.69, 9.17) is 0 Å². The summed E-state index contributed by atoms with van der Waals surface area (Å²) in [5, 5.41) is 2.58. The van der Waals surface area contributed by atoms with Crippen molar-refractivity contribution in [3.8, 4) is 5.88 Å². The van der Waals surface area contributed by atoms with Crippen LogP contribution < -0.4 is 14.8 Å². The maximum absolute atomic E-state index is 12.2. The minimum absolute atomic E-state index is 0.00325. The maximum atomic E-state index is 12.2. The molecule has 11 heteroatoms. The zero-order valence-electron chi connectivity index (χ0n) is 15.1. The van der Waals surface area contributed by atoms with E-state index >= 15 is 0 Å². The summed E-state index contributed by atoms with van der Waals surface area (Å²) in [6.07, 6.45) is -1.81. The lowest BCUT2D eigenvalue weighted by molar-refractivity contribution is -0.154. The van der Waals surface area contributed by atoms with Crippen LogP contribution in [0.1, 0.15) is 15.9 Å². The molecule has 1 heterocycles. The molecule has 0 saturated heterocycles. The normalized spacial score (nSPS) is 11.7. The van der Waals surface area contributed by atoms with Crippen LogP contribution in [-0.2, 0) is 16.6 Å². The lowest BCUT2D eigenvalue weighted by Gasteiger charge is -2.10. The van der Waals surface area contributed by atoms with E-state index in [-0.39, 0.29) is 29.4 Å². The van der Waals surface area contributed by atoms with Crippen molar-refractivity contribution in [3.63, 3.8) is 0 Å². The van der Waals surface area contributed by atoms with Gasteiger partial charge in [-0.25, -0.2) is 18.1 Å². The summed E-state index contributed by atoms with van der Waals surface area (Å²) in [6, 6.07) is 8.07. The number of carbonyl (C=O) groups excluding carboxylic acids is 1. The molecule has 2 aromatic rings. The highest BCUT2D eigenvalue weighted by Crippen LogP contribution is 2.17. The SMILES string of the molecule is C=CCNS(=O)(=O)c1ccc(C(=O)NCc2ccnc(OCC(F)(F)F)c2)cc1. The van der Waals surface area contributed by atoms with Gasteiger partial charge in [0.05, 0.1) is 4.90 Å². The first-order valence-corrected chi connectivity index (χ1v) is 9.72. The lowest BCUT2D eigenvalue weighted by Crippen LogP contribution is -2.25. The van der Waals surface area contributed by atoms with Gasteiger partial charge in [-0.15, -0.1) is 6.58 Å². The zero-order chi connectivity index (χ0) is 21.5. The fraction of sp³-hybridized carbons (Fsp3) is 0.222. The van der Waals surface area contributed by atoms with Crippen LogP contribution >= 0.6 is 0 Å². The molecule has 0 spiro atoms. The first-order chi connectivity index (χ1) is 13.6. The number of hydrogen-bond acceptors (Lipinski definition) is 5. The van der Waals surface area contributed by atoms with E-state index in [1.54, 1.807) is 0 Å². The minimum atomic E-state index is -4.48. The quantitative estimate of drug-likeness (QED) is 0.597. The van der Waals surface area contributed by atoms with Gasteiger partial charge in [-0.05, 0) is 35.9 Å². The van der Waals surface area contributed by atoms with Gasteiger partial charge >= 0.3 is 6.18 Å². The van der Waals surface area contributed by atoms with Crippen LogP contribution in [0.2, 0.25) is 0 Å². The third-order valence-corrected chi connectivity index (χ3v) is 4.92. The van der Waals surface area contributed by atoms with Crippen LogP contribution in [0.4, 0.5) is 13.2 Å². The van der Waals surface area contributed by atoms with Gasteiger partial charge in [-0.3, -0.25) is 4.79 Å². The molecule has 0 bridgehead atoms. The number of hydrogen-bond donors (Lipinski definition) is 2. The lowest BCUT2D eigenvalue weighted by atomic mass is 10.2. The Labute approximate surface area is 165 Å². The molecule has 1 amide bonds. The Morgan fingerprint density at radius 3 is 2.52 bits per heavy atom. The van der Waals surface area contributed by atoms with Crippen LogP contribution in [0.3, 0.4) is 0 Å². The molecule has 1 aromatic carbocycles. The number of ether oxygens (including phenoxy) is 1. The van der Waals surface area contributed by atoms with E-state index in [2.05, 4.69) is 26.3 Å². The van der Waals surface area contributed by atoms with E-state index in [0.717, 1.165) is 0 Å². The summed E-state index contributed by atoms with van der Waals surface area (Å²) in [5.41, 5.74) is 0.702. The first kappa shape index (κ1) is 22.4. The van der Waals surface area contributed by atoms with Crippen molar-refractivity contribution in [3.05, 3.63) is 66.4 Å². The van der Waals surface area contributed by atoms with Crippen molar-refractivity contribution in [2.45, 2.75) is 17.6 Å². The fourth-order valence-electron chi connectivity index (χ4n) is 2.12. The number of pyridine rings is 1. The van der Waals surface area contributed by atoms with E-state index in [1.807, 2.05) is 0 Å². The van der Waals surface area contributed by atoms with Crippen molar-refractivity contribution in [2.24, 2.45) is 0 Å². The van der Waals surface area contributed by atoms with Crippen LogP contribution in [-0.4, -0.2) is 38.6 Å². The monoisotopic (exact) mass is 429 g/mol. The van der Waals surface area contributed by atoms with Crippen molar-refractivity contribution in [2.75, 3.05) is 13.2 Å². The Bertz CT molecular complexity index is 961. The summed E-state index contributed by atoms with van der Waals surface area (Å²) in [5.74, 6) is -0.696. The summed E-state index contributed by atoms with van der Waals surface area (Å²) in [4.78, 5) is 15.9. The molecule has 0 unspecified atom stereocenters. The maximum Gasteiger partial charge on any atom is 0.422 e. The smallest absolute Gasteiger partial charge is 0.422 e. The molecule has 29 heavy (non-hydrogen) atoms. The van der Waals surface area contributed by atoms with E-state index in [1.165, 1.54) is 48.7 Å². The number of nitrogens with one attached hydrogen (secondary N) is 2. The second-order valence-corrected chi connectivity index (χ2v) is 7.52. The number of amides is 1. The third-order valence-electron chi connectivity index (χ3n) is 3.48. The van der Waals surface area contributed by atoms with Crippen molar-refractivity contribution < 1.29 is 31.1 Å². The zero-order valence-corrected chi connectivity index (χ0v) is 15.9. The Balaban J connectivity index is 1.96. The van der Waals surface area contributed by atoms with Crippen molar-refractivity contribution in [1.82, 2.24) is 15.0 Å². The molecule has 1 aromatic heterocycles. The van der Waals surface area contributed by atoms with Gasteiger partial charge in [-0.1, -0.05) is 6.08 Å². The highest BCUT2D eigenvalue weighted by molar-refractivity contribution is 7.89. The number of aromatic nitrogens is 1. The molecule has 0 aliphatic rings. The second kappa shape index (κ2) is 9.52. The summed E-state index contributed by atoms with van der Waals surface area (Å²) >= 11 is 0. The topological polar surface area (TPSA) is 97.4 Å². The number of benzene rings is 1. The Kier molecular flexibility index (Phi) is 7.35. The molecule has 0 atom stereocenters. The van der Waals surface area contributed by atoms with Crippen molar-refractivity contribution in [1.29, 1.82) is 0 Å². The first-order valence-electron chi connectivity index (χ1n) is 8.24. The molecule has 0 fully saturated rings. The van der Waals surface area contributed by atoms with E-state index in [9.17, 15) is 26.4 Å². The Morgan fingerprint density at radius 1 is 1.21 bits per heavy atom. The second-order valence-electron chi connectivity index (χ2n) is 5.75. The van der Waals surface area contributed by atoms with Gasteiger partial charge in [-0.2, -0.15) is 13.2 Å². The third kappa shape index (κ3) is 7.20. The average molecular weight is 429 g/mol. The van der Waals surface area contributed by atoms with Gasteiger partial charge in [0.1, 0.15) is 0 Å². The Morgan fingerprint density at radius 2 is 1.90 bits per heavy atom. The number of sulfonamides is 1. The molecule has 2 N–H and O–H groups in total. The summed E-state index contributed by atoms with van der Waals surface area (Å²) in [6.45, 7) is 2.05. The number of nitrogens with zero attached hydrogens (tertiary/aromatic N) is 1. The average Bonchev–Trinajstić information content (AvgIpc) is 2.69. The predicted octanol–water partition coefficient (Wildman–Crippen LogP) is 2.42. The molecule has 0 radical (unpaired) electrons. The van der Waals surface area contributed by atoms with Crippen LogP contribution in [0, 0.1) is 0 Å². The van der Waals surface area contributed by atoms with Gasteiger partial charge in [0.25, 0.3) is 5.91 Å². The van der Waals surface area contributed by atoms with Crippen molar-refractivity contribution >= 4 is 15.9 Å². The van der Waals surface area contributed by atoms with Crippen LogP contribution in [0.15, 0.2) is 60.1 Å². The van der Waals surface area contributed by atoms with Gasteiger partial charge < -0.3 is 10.1 Å². The molecule has 0 saturated carbocycles. The standard InChI is InChI=1S/C18H18F3N3O4S/c1-2-8-24-29(26,27)15-5-3-14(4-6-15)17(25)23-11-13-7-9-22-16(10-13)28-12-18(19,20)21/h2-7,9-10,24H,1,8,11-12H2,(H,23,25). The van der Waals surface area contributed by atoms with Crippen LogP contribution in [0.5, 0.6) is 5.88 Å². The summed E-state index contributed by atoms with van der Waals surface area (Å²) in [7, 11) is -3.69. The van der Waals surface area contributed by atoms with Gasteiger partial charge in [0.15, 0.2) is 6.61 Å². The van der Waals surface area contributed by atoms with Crippen LogP contribution in [0.25, 0.3) is 0 Å². The minimum Gasteiger partial charge on any atom is -0.468 e. The number of carbonyl (C=O) groups is 1. The summed E-state index contributed by atoms with van der Waals surface area (Å²) < 4.78 is 67.4. The Hall–Kier alpha value is -2.92. The number of halogens is 3. The molecule has 0 aliphatic carbocycles. The molecular weight excluding hydrogens is 411 g/mol. The van der Waals surface area contributed by atoms with E-state index in [0.29, 0.717) is 5.56 Å². The van der Waals surface area contributed by atoms with Gasteiger partial charge in [0, 0.05) is 30.9 Å². The highest BCUT2D eigenvalue weighted by atomic mass is 32.2. The molecule has 156 valence electrons. The van der Waals surface area contributed by atoms with Gasteiger partial charge in [0.2, 0.25) is 15.9 Å². The fourth-order valence-corrected chi connectivity index (χ4v) is 3.12. The largest absolute Gasteiger partial charge is 0.468 e. The number of rotatable bonds is 9. The number of alkyl halides is 3. The molecule has 2 rings (SSSR count). The molecular formula is C18H18F3N3O4S. The molecule has 0 aliphatic heterocycles. The molecule has 7 nitrogen and oxygen atoms in total. The van der Waals surface area contributed by atoms with E-state index < -0.39 is 28.7 Å². The highest BCUT2D eigenvalue weighted by Gasteiger charge is 2.28.